The predicted octanol–water partition coefficient (Wildman–Crippen LogP) is 5.37. The first kappa shape index (κ1) is 21.0. The van der Waals surface area contributed by atoms with Crippen LogP contribution >= 0.6 is 0 Å². The molecule has 0 fully saturated rings. The fourth-order valence-corrected chi connectivity index (χ4v) is 3.76. The van der Waals surface area contributed by atoms with E-state index in [1.165, 1.54) is 6.26 Å². The van der Waals surface area contributed by atoms with Crippen molar-refractivity contribution in [2.45, 2.75) is 45.2 Å². The van der Waals surface area contributed by atoms with E-state index in [1.807, 2.05) is 69.3 Å². The van der Waals surface area contributed by atoms with E-state index in [0.717, 1.165) is 29.1 Å². The van der Waals surface area contributed by atoms with Gasteiger partial charge in [0.15, 0.2) is 6.10 Å². The monoisotopic (exact) mass is 421 g/mol. The summed E-state index contributed by atoms with van der Waals surface area (Å²) >= 11 is 0. The molecule has 2 unspecified atom stereocenters. The highest BCUT2D eigenvalue weighted by Crippen LogP contribution is 2.45. The van der Waals surface area contributed by atoms with E-state index < -0.39 is 23.8 Å². The summed E-state index contributed by atoms with van der Waals surface area (Å²) in [7, 11) is 0. The Morgan fingerprint density at radius 2 is 1.90 bits per heavy atom. The molecule has 1 aliphatic heterocycles. The number of nitrogens with one attached hydrogen (secondary N) is 1. The highest BCUT2D eigenvalue weighted by Gasteiger charge is 2.48. The second-order valence-electron chi connectivity index (χ2n) is 8.01. The number of furan rings is 1. The first-order valence-electron chi connectivity index (χ1n) is 10.4. The van der Waals surface area contributed by atoms with Gasteiger partial charge in [-0.25, -0.2) is 4.79 Å². The highest BCUT2D eigenvalue weighted by molar-refractivity contribution is 5.86. The average Bonchev–Trinajstić information content (AvgIpc) is 3.30. The van der Waals surface area contributed by atoms with Crippen LogP contribution in [0.2, 0.25) is 0 Å². The van der Waals surface area contributed by atoms with Crippen LogP contribution in [0.1, 0.15) is 48.6 Å². The van der Waals surface area contributed by atoms with Crippen LogP contribution in [0.3, 0.4) is 0 Å². The Kier molecular flexibility index (Phi) is 6.00. The number of carbonyl (C=O) groups excluding carboxylic acids is 1. The van der Waals surface area contributed by atoms with Crippen molar-refractivity contribution in [3.63, 3.8) is 0 Å². The summed E-state index contributed by atoms with van der Waals surface area (Å²) in [4.78, 5) is 12.7. The van der Waals surface area contributed by atoms with Crippen molar-refractivity contribution in [1.29, 1.82) is 0 Å². The van der Waals surface area contributed by atoms with E-state index >= 15 is 0 Å². The van der Waals surface area contributed by atoms with Crippen LogP contribution in [0.15, 0.2) is 71.3 Å². The minimum atomic E-state index is -0.809. The summed E-state index contributed by atoms with van der Waals surface area (Å²) in [5, 5.41) is 3.32. The zero-order valence-corrected chi connectivity index (χ0v) is 18.0. The maximum Gasteiger partial charge on any atom is 0.374 e. The molecule has 0 saturated heterocycles. The SMILES string of the molecule is CCNc1ccc2c(c1)C(OCc1ccccc1)C(OC(=O)c1ccco1)C(C)(C)O2. The fourth-order valence-electron chi connectivity index (χ4n) is 3.76. The summed E-state index contributed by atoms with van der Waals surface area (Å²) in [6.45, 7) is 7.00. The third-order valence-electron chi connectivity index (χ3n) is 5.26. The van der Waals surface area contributed by atoms with Crippen LogP contribution in [0.25, 0.3) is 0 Å². The molecule has 162 valence electrons. The van der Waals surface area contributed by atoms with Crippen molar-refractivity contribution >= 4 is 11.7 Å². The minimum absolute atomic E-state index is 0.143. The van der Waals surface area contributed by atoms with Gasteiger partial charge in [-0.1, -0.05) is 30.3 Å². The second kappa shape index (κ2) is 8.86. The topological polar surface area (TPSA) is 69.9 Å². The van der Waals surface area contributed by atoms with Crippen molar-refractivity contribution in [1.82, 2.24) is 0 Å². The minimum Gasteiger partial charge on any atom is -0.483 e. The first-order chi connectivity index (χ1) is 15.0. The zero-order chi connectivity index (χ0) is 21.8. The molecule has 1 aromatic heterocycles. The third-order valence-corrected chi connectivity index (χ3v) is 5.26. The van der Waals surface area contributed by atoms with Gasteiger partial charge in [0, 0.05) is 17.8 Å². The van der Waals surface area contributed by atoms with Gasteiger partial charge >= 0.3 is 5.97 Å². The Balaban J connectivity index is 1.68. The quantitative estimate of drug-likeness (QED) is 0.518. The highest BCUT2D eigenvalue weighted by atomic mass is 16.6. The van der Waals surface area contributed by atoms with Gasteiger partial charge in [-0.2, -0.15) is 0 Å². The van der Waals surface area contributed by atoms with Gasteiger partial charge in [0.25, 0.3) is 0 Å². The van der Waals surface area contributed by atoms with E-state index in [-0.39, 0.29) is 5.76 Å². The number of rotatable bonds is 7. The summed E-state index contributed by atoms with van der Waals surface area (Å²) < 4.78 is 23.8. The molecule has 0 bridgehead atoms. The lowest BCUT2D eigenvalue weighted by molar-refractivity contribution is -0.144. The molecule has 3 aromatic rings. The molecule has 0 saturated carbocycles. The number of ether oxygens (including phenoxy) is 3. The Labute approximate surface area is 182 Å². The van der Waals surface area contributed by atoms with E-state index in [2.05, 4.69) is 5.32 Å². The second-order valence-corrected chi connectivity index (χ2v) is 8.01. The molecule has 0 spiro atoms. The first-order valence-corrected chi connectivity index (χ1v) is 10.4. The molecule has 0 radical (unpaired) electrons. The molecule has 31 heavy (non-hydrogen) atoms. The van der Waals surface area contributed by atoms with E-state index in [1.54, 1.807) is 12.1 Å². The number of esters is 1. The zero-order valence-electron chi connectivity index (χ0n) is 18.0. The van der Waals surface area contributed by atoms with E-state index in [4.69, 9.17) is 18.6 Å². The van der Waals surface area contributed by atoms with Crippen molar-refractivity contribution in [3.05, 3.63) is 83.8 Å². The van der Waals surface area contributed by atoms with Crippen LogP contribution in [-0.4, -0.2) is 24.2 Å². The summed E-state index contributed by atoms with van der Waals surface area (Å²) in [5.41, 5.74) is 2.02. The van der Waals surface area contributed by atoms with Crippen LogP contribution in [0, 0.1) is 0 Å². The molecule has 2 atom stereocenters. The molecule has 1 N–H and O–H groups in total. The van der Waals surface area contributed by atoms with E-state index in [0.29, 0.717) is 6.61 Å². The van der Waals surface area contributed by atoms with Gasteiger partial charge in [0.05, 0.1) is 12.9 Å². The number of anilines is 1. The molecule has 6 heteroatoms. The molecule has 6 nitrogen and oxygen atoms in total. The number of carbonyl (C=O) groups is 1. The van der Waals surface area contributed by atoms with Gasteiger partial charge in [-0.3, -0.25) is 0 Å². The molecule has 0 amide bonds. The average molecular weight is 421 g/mol. The van der Waals surface area contributed by atoms with Gasteiger partial charge < -0.3 is 23.9 Å². The number of hydrogen-bond acceptors (Lipinski definition) is 6. The number of fused-ring (bicyclic) bond motifs is 1. The molecule has 2 heterocycles. The summed E-state index contributed by atoms with van der Waals surface area (Å²) in [5.74, 6) is 0.311. The number of benzene rings is 2. The Morgan fingerprint density at radius 1 is 1.10 bits per heavy atom. The van der Waals surface area contributed by atoms with Crippen LogP contribution < -0.4 is 10.1 Å². The Bertz CT molecular complexity index is 1010. The molecular formula is C25H27NO5. The lowest BCUT2D eigenvalue weighted by atomic mass is 9.87. The smallest absolute Gasteiger partial charge is 0.374 e. The molecule has 4 rings (SSSR count). The molecular weight excluding hydrogens is 394 g/mol. The fraction of sp³-hybridized carbons (Fsp3) is 0.320. The van der Waals surface area contributed by atoms with Gasteiger partial charge in [0.2, 0.25) is 5.76 Å². The summed E-state index contributed by atoms with van der Waals surface area (Å²) in [6, 6.07) is 19.0. The predicted molar refractivity (Wildman–Crippen MR) is 117 cm³/mol. The standard InChI is InChI=1S/C25H27NO5/c1-4-26-18-12-13-20-19(15-18)22(29-16-17-9-6-5-7-10-17)23(25(2,3)31-20)30-24(27)21-11-8-14-28-21/h5-15,22-23,26H,4,16H2,1-3H3. The lowest BCUT2D eigenvalue weighted by Crippen LogP contribution is -2.51. The van der Waals surface area contributed by atoms with Gasteiger partial charge in [-0.05, 0) is 56.7 Å². The summed E-state index contributed by atoms with van der Waals surface area (Å²) in [6.07, 6.45) is 0.246. The van der Waals surface area contributed by atoms with Crippen LogP contribution in [-0.2, 0) is 16.1 Å². The molecule has 1 aliphatic rings. The maximum absolute atomic E-state index is 12.7. The van der Waals surface area contributed by atoms with Crippen molar-refractivity contribution in [3.8, 4) is 5.75 Å². The maximum atomic E-state index is 12.7. The van der Waals surface area contributed by atoms with Crippen molar-refractivity contribution < 1.29 is 23.4 Å². The van der Waals surface area contributed by atoms with Gasteiger partial charge in [0.1, 0.15) is 17.5 Å². The number of hydrogen-bond donors (Lipinski definition) is 1. The van der Waals surface area contributed by atoms with Crippen molar-refractivity contribution in [2.24, 2.45) is 0 Å². The Hall–Kier alpha value is -3.25. The van der Waals surface area contributed by atoms with E-state index in [9.17, 15) is 4.79 Å². The largest absolute Gasteiger partial charge is 0.483 e. The van der Waals surface area contributed by atoms with Crippen LogP contribution in [0.4, 0.5) is 5.69 Å². The van der Waals surface area contributed by atoms with Gasteiger partial charge in [-0.15, -0.1) is 0 Å². The normalized spacial score (nSPS) is 19.2. The molecule has 2 aromatic carbocycles. The molecule has 0 aliphatic carbocycles. The Morgan fingerprint density at radius 3 is 2.61 bits per heavy atom. The third kappa shape index (κ3) is 4.59. The van der Waals surface area contributed by atoms with Crippen LogP contribution in [0.5, 0.6) is 5.75 Å². The lowest BCUT2D eigenvalue weighted by Gasteiger charge is -2.43. The van der Waals surface area contributed by atoms with Crippen molar-refractivity contribution in [2.75, 3.05) is 11.9 Å².